The molecule has 0 aliphatic carbocycles. The fourth-order valence-corrected chi connectivity index (χ4v) is 2.54. The molecule has 1 aromatic heterocycles. The molecule has 0 radical (unpaired) electrons. The van der Waals surface area contributed by atoms with Crippen LogP contribution in [0.2, 0.25) is 0 Å². The average Bonchev–Trinajstić information content (AvgIpc) is 2.65. The van der Waals surface area contributed by atoms with Gasteiger partial charge >= 0.3 is 5.63 Å². The van der Waals surface area contributed by atoms with Crippen LogP contribution in [0.3, 0.4) is 0 Å². The summed E-state index contributed by atoms with van der Waals surface area (Å²) in [6, 6.07) is 12.7. The Morgan fingerprint density at radius 1 is 1.11 bits per heavy atom. The zero-order chi connectivity index (χ0) is 19.6. The van der Waals surface area contributed by atoms with E-state index in [4.69, 9.17) is 4.42 Å². The van der Waals surface area contributed by atoms with Gasteiger partial charge < -0.3 is 9.32 Å². The van der Waals surface area contributed by atoms with E-state index in [1.54, 1.807) is 6.08 Å². The van der Waals surface area contributed by atoms with Crippen molar-refractivity contribution in [2.75, 3.05) is 19.0 Å². The van der Waals surface area contributed by atoms with Gasteiger partial charge in [-0.25, -0.2) is 4.79 Å². The lowest BCUT2D eigenvalue weighted by molar-refractivity contribution is -0.384. The first-order valence-electron chi connectivity index (χ1n) is 8.07. The molecule has 1 heterocycles. The number of nitro benzene ring substituents is 1. The number of allylic oxidation sites excluding steroid dienone is 1. The molecule has 0 aliphatic rings. The summed E-state index contributed by atoms with van der Waals surface area (Å²) < 4.78 is 5.10. The van der Waals surface area contributed by atoms with Crippen molar-refractivity contribution >= 4 is 34.2 Å². The molecule has 27 heavy (non-hydrogen) atoms. The average molecular weight is 364 g/mol. The van der Waals surface area contributed by atoms with E-state index >= 15 is 0 Å². The molecule has 0 saturated heterocycles. The van der Waals surface area contributed by atoms with Crippen molar-refractivity contribution < 1.29 is 14.1 Å². The number of rotatable bonds is 5. The SMILES string of the molecule is CN(C)c1ccc(/C=C/C(=O)c2cc3cc([N+](=O)[O-])ccc3oc2=O)cc1. The smallest absolute Gasteiger partial charge is 0.347 e. The third kappa shape index (κ3) is 3.92. The summed E-state index contributed by atoms with van der Waals surface area (Å²) in [7, 11) is 3.86. The summed E-state index contributed by atoms with van der Waals surface area (Å²) in [5.74, 6) is -0.533. The number of non-ortho nitro benzene ring substituents is 1. The number of ketones is 1. The number of hydrogen-bond acceptors (Lipinski definition) is 6. The molecule has 0 aliphatic heterocycles. The minimum Gasteiger partial charge on any atom is -0.422 e. The highest BCUT2D eigenvalue weighted by Gasteiger charge is 2.14. The van der Waals surface area contributed by atoms with Gasteiger partial charge in [-0.15, -0.1) is 0 Å². The lowest BCUT2D eigenvalue weighted by Crippen LogP contribution is -2.12. The Balaban J connectivity index is 1.91. The third-order valence-corrected chi connectivity index (χ3v) is 4.03. The Kier molecular flexibility index (Phi) is 4.85. The van der Waals surface area contributed by atoms with Gasteiger partial charge in [0.25, 0.3) is 5.69 Å². The van der Waals surface area contributed by atoms with E-state index in [9.17, 15) is 19.7 Å². The van der Waals surface area contributed by atoms with Gasteiger partial charge in [0.05, 0.1) is 4.92 Å². The van der Waals surface area contributed by atoms with E-state index < -0.39 is 16.3 Å². The normalized spacial score (nSPS) is 11.0. The van der Waals surface area contributed by atoms with Crippen LogP contribution in [-0.4, -0.2) is 24.8 Å². The van der Waals surface area contributed by atoms with Crippen molar-refractivity contribution in [1.29, 1.82) is 0 Å². The highest BCUT2D eigenvalue weighted by Crippen LogP contribution is 2.21. The van der Waals surface area contributed by atoms with Gasteiger partial charge in [0.1, 0.15) is 11.1 Å². The van der Waals surface area contributed by atoms with Crippen LogP contribution < -0.4 is 10.5 Å². The highest BCUT2D eigenvalue weighted by molar-refractivity contribution is 6.07. The van der Waals surface area contributed by atoms with E-state index in [0.29, 0.717) is 5.39 Å². The van der Waals surface area contributed by atoms with Crippen LogP contribution in [0.4, 0.5) is 11.4 Å². The fraction of sp³-hybridized carbons (Fsp3) is 0.100. The molecule has 0 fully saturated rings. The second-order valence-electron chi connectivity index (χ2n) is 6.11. The summed E-state index contributed by atoms with van der Waals surface area (Å²) >= 11 is 0. The summed E-state index contributed by atoms with van der Waals surface area (Å²) in [4.78, 5) is 36.7. The predicted molar refractivity (Wildman–Crippen MR) is 103 cm³/mol. The topological polar surface area (TPSA) is 93.7 Å². The minimum absolute atomic E-state index is 0.147. The molecule has 3 aromatic rings. The van der Waals surface area contributed by atoms with Crippen LogP contribution in [0.5, 0.6) is 0 Å². The van der Waals surface area contributed by atoms with Crippen molar-refractivity contribution in [2.45, 2.75) is 0 Å². The molecular formula is C20H16N2O5. The van der Waals surface area contributed by atoms with Crippen molar-refractivity contribution in [3.8, 4) is 0 Å². The number of hydrogen-bond donors (Lipinski definition) is 0. The first-order valence-corrected chi connectivity index (χ1v) is 8.07. The summed E-state index contributed by atoms with van der Waals surface area (Å²) in [5, 5.41) is 11.2. The molecule has 3 rings (SSSR count). The second-order valence-corrected chi connectivity index (χ2v) is 6.11. The molecule has 0 unspecified atom stereocenters. The molecule has 0 amide bonds. The van der Waals surface area contributed by atoms with E-state index in [2.05, 4.69) is 0 Å². The van der Waals surface area contributed by atoms with Crippen molar-refractivity contribution in [2.24, 2.45) is 0 Å². The zero-order valence-electron chi connectivity index (χ0n) is 14.7. The van der Waals surface area contributed by atoms with Gasteiger partial charge in [-0.05, 0) is 35.9 Å². The molecule has 0 N–H and O–H groups in total. The van der Waals surface area contributed by atoms with Crippen LogP contribution in [0, 0.1) is 10.1 Å². The number of fused-ring (bicyclic) bond motifs is 1. The highest BCUT2D eigenvalue weighted by atomic mass is 16.6. The van der Waals surface area contributed by atoms with Gasteiger partial charge in [0.15, 0.2) is 5.78 Å². The maximum atomic E-state index is 12.4. The van der Waals surface area contributed by atoms with Gasteiger partial charge in [-0.3, -0.25) is 14.9 Å². The Morgan fingerprint density at radius 3 is 2.44 bits per heavy atom. The number of benzene rings is 2. The number of anilines is 1. The summed E-state index contributed by atoms with van der Waals surface area (Å²) in [6.07, 6.45) is 2.87. The molecule has 7 heteroatoms. The Hall–Kier alpha value is -3.74. The van der Waals surface area contributed by atoms with Crippen LogP contribution in [0.25, 0.3) is 17.0 Å². The molecule has 0 spiro atoms. The van der Waals surface area contributed by atoms with E-state index in [0.717, 1.165) is 11.3 Å². The standard InChI is InChI=1S/C20H16N2O5/c1-21(2)15-6-3-13(4-7-15)5-9-18(23)17-12-14-11-16(22(25)26)8-10-19(14)27-20(17)24/h3-12H,1-2H3/b9-5+. The molecule has 0 bridgehead atoms. The van der Waals surface area contributed by atoms with Crippen LogP contribution in [0.15, 0.2) is 63.8 Å². The van der Waals surface area contributed by atoms with E-state index in [1.165, 1.54) is 30.3 Å². The number of nitrogens with zero attached hydrogens (tertiary/aromatic N) is 2. The molecule has 136 valence electrons. The monoisotopic (exact) mass is 364 g/mol. The second kappa shape index (κ2) is 7.25. The Labute approximate surface area is 154 Å². The van der Waals surface area contributed by atoms with Gasteiger partial charge in [-0.2, -0.15) is 0 Å². The maximum absolute atomic E-state index is 12.4. The van der Waals surface area contributed by atoms with Gasteiger partial charge in [-0.1, -0.05) is 18.2 Å². The van der Waals surface area contributed by atoms with Crippen molar-refractivity contribution in [3.05, 3.63) is 86.3 Å². The maximum Gasteiger partial charge on any atom is 0.347 e. The molecule has 2 aromatic carbocycles. The summed E-state index contributed by atoms with van der Waals surface area (Å²) in [6.45, 7) is 0. The fourth-order valence-electron chi connectivity index (χ4n) is 2.54. The van der Waals surface area contributed by atoms with E-state index in [-0.39, 0.29) is 16.8 Å². The lowest BCUT2D eigenvalue weighted by Gasteiger charge is -2.11. The quantitative estimate of drug-likeness (QED) is 0.225. The number of nitro groups is 1. The van der Waals surface area contributed by atoms with Crippen molar-refractivity contribution in [3.63, 3.8) is 0 Å². The molecule has 0 atom stereocenters. The molecule has 0 saturated carbocycles. The Morgan fingerprint density at radius 2 is 1.81 bits per heavy atom. The van der Waals surface area contributed by atoms with Crippen LogP contribution in [-0.2, 0) is 0 Å². The van der Waals surface area contributed by atoms with Gasteiger partial charge in [0, 0.05) is 37.3 Å². The van der Waals surface area contributed by atoms with E-state index in [1.807, 2.05) is 43.3 Å². The minimum atomic E-state index is -0.783. The Bertz CT molecular complexity index is 1110. The lowest BCUT2D eigenvalue weighted by atomic mass is 10.1. The van der Waals surface area contributed by atoms with Crippen molar-refractivity contribution in [1.82, 2.24) is 0 Å². The molecular weight excluding hydrogens is 348 g/mol. The first kappa shape index (κ1) is 18.1. The first-order chi connectivity index (χ1) is 12.8. The third-order valence-electron chi connectivity index (χ3n) is 4.03. The largest absolute Gasteiger partial charge is 0.422 e. The van der Waals surface area contributed by atoms with Crippen LogP contribution >= 0.6 is 0 Å². The number of carbonyl (C=O) groups is 1. The summed E-state index contributed by atoms with van der Waals surface area (Å²) in [5.41, 5.74) is 0.903. The molecule has 7 nitrogen and oxygen atoms in total. The predicted octanol–water partition coefficient (Wildman–Crippen LogP) is 3.66. The number of carbonyl (C=O) groups excluding carboxylic acids is 1. The van der Waals surface area contributed by atoms with Crippen LogP contribution in [0.1, 0.15) is 15.9 Å². The zero-order valence-corrected chi connectivity index (χ0v) is 14.7. The van der Waals surface area contributed by atoms with Gasteiger partial charge in [0.2, 0.25) is 0 Å².